The second-order valence-electron chi connectivity index (χ2n) is 44.9. The Morgan fingerprint density at radius 3 is 0.979 bits per heavy atom. The van der Waals surface area contributed by atoms with Crippen LogP contribution < -0.4 is 34.0 Å². The molecular weight excluding hydrogens is 1990 g/mol. The molecule has 0 aromatic heterocycles. The molecule has 820 valence electrons. The van der Waals surface area contributed by atoms with Gasteiger partial charge in [0.05, 0.1) is 49.8 Å². The topological polar surface area (TPSA) is 580 Å². The van der Waals surface area contributed by atoms with Crippen LogP contribution >= 0.6 is 41.3 Å². The van der Waals surface area contributed by atoms with Gasteiger partial charge in [0.2, 0.25) is 5.91 Å². The number of amidine groups is 6. The van der Waals surface area contributed by atoms with Gasteiger partial charge in [-0.2, -0.15) is 0 Å². The molecule has 46 heteroatoms. The summed E-state index contributed by atoms with van der Waals surface area (Å²) in [5.41, 5.74) is 28.7. The Labute approximate surface area is 861 Å². The summed E-state index contributed by atoms with van der Waals surface area (Å²) in [7, 11) is -1.97. The molecule has 0 bridgehead atoms. The number of nitrogens with one attached hydrogen (secondary N) is 1. The number of aliphatic imine (C=N–C) groups is 6. The summed E-state index contributed by atoms with van der Waals surface area (Å²) in [6.45, 7) is 60.6. The molecule has 0 aromatic carbocycles. The highest BCUT2D eigenvalue weighted by atomic mass is 31.2. The van der Waals surface area contributed by atoms with Crippen LogP contribution in [0, 0.1) is 0 Å². The van der Waals surface area contributed by atoms with Gasteiger partial charge in [0.25, 0.3) is 0 Å². The summed E-state index contributed by atoms with van der Waals surface area (Å²) in [5.74, 6) is 4.01. The third-order valence-electron chi connectivity index (χ3n) is 26.5. The molecule has 0 radical (unpaired) electrons. The summed E-state index contributed by atoms with van der Waals surface area (Å²) in [6, 6.07) is 0. The van der Waals surface area contributed by atoms with Gasteiger partial charge in [-0.25, -0.2) is 30.0 Å². The van der Waals surface area contributed by atoms with Crippen LogP contribution in [0.1, 0.15) is 100 Å². The lowest BCUT2D eigenvalue weighted by Crippen LogP contribution is -2.51. The second kappa shape index (κ2) is 50.3. The Balaban J connectivity index is 0.000000237. The van der Waals surface area contributed by atoms with Gasteiger partial charge in [0, 0.05) is 66.4 Å². The van der Waals surface area contributed by atoms with E-state index in [4.69, 9.17) is 61.5 Å². The zero-order valence-electron chi connectivity index (χ0n) is 89.4. The minimum absolute atomic E-state index is 0.0735. The number of hydrogen-bond acceptors (Lipinski definition) is 38. The number of nitrogens with zero attached hydrogens (tertiary/aromatic N) is 12. The minimum Gasteiger partial charge on any atom is -0.412 e. The molecule has 0 aromatic rings. The molecule has 12 heterocycles. The van der Waals surface area contributed by atoms with Crippen molar-refractivity contribution in [2.24, 2.45) is 58.6 Å². The number of aliphatic hydroxyl groups excluding tert-OH is 11. The van der Waals surface area contributed by atoms with Gasteiger partial charge in [-0.1, -0.05) is 67.2 Å². The van der Waals surface area contributed by atoms with E-state index >= 15 is 0 Å². The van der Waals surface area contributed by atoms with Crippen molar-refractivity contribution in [3.63, 3.8) is 0 Å². The summed E-state index contributed by atoms with van der Waals surface area (Å²) in [6.07, 6.45) is 30.9. The van der Waals surface area contributed by atoms with Gasteiger partial charge in [-0.05, 0) is 213 Å². The predicted molar refractivity (Wildman–Crippen MR) is 608 cm³/mol. The maximum Gasteiger partial charge on any atom is 0.222 e. The third-order valence-corrected chi connectivity index (χ3v) is 39.8. The Bertz CT molecular complexity index is 5300. The first-order valence-corrected chi connectivity index (χ1v) is 69.6. The summed E-state index contributed by atoms with van der Waals surface area (Å²) in [5, 5.41) is 137. The third kappa shape index (κ3) is 34.4. The predicted octanol–water partition coefficient (Wildman–Crippen LogP) is 5.02. The van der Waals surface area contributed by atoms with Crippen LogP contribution in [0.15, 0.2) is 176 Å². The summed E-state index contributed by atoms with van der Waals surface area (Å²) >= 11 is 0. The zero-order valence-corrected chi connectivity index (χ0v) is 95.8. The van der Waals surface area contributed by atoms with Crippen molar-refractivity contribution >= 4 is 128 Å². The average Bonchev–Trinajstić information content (AvgIpc) is 1.61. The maximum absolute atomic E-state index is 11.3. The molecule has 0 aliphatic carbocycles. The van der Waals surface area contributed by atoms with E-state index < -0.39 is 196 Å². The molecule has 24 atom stereocenters. The number of aliphatic hydroxyl groups is 13. The Morgan fingerprint density at radius 1 is 0.428 bits per heavy atom. The van der Waals surface area contributed by atoms with Crippen molar-refractivity contribution in [2.75, 3.05) is 130 Å². The number of nitrogens with two attached hydrogens (primary N) is 5. The van der Waals surface area contributed by atoms with E-state index in [2.05, 4.69) is 226 Å². The highest BCUT2D eigenvalue weighted by molar-refractivity contribution is 7.73. The van der Waals surface area contributed by atoms with Gasteiger partial charge in [0.15, 0.2) is 45.7 Å². The Kier molecular flexibility index (Phi) is 43.5. The minimum atomic E-state index is -1.97. The van der Waals surface area contributed by atoms with E-state index in [0.29, 0.717) is 127 Å². The van der Waals surface area contributed by atoms with Gasteiger partial charge in [-0.15, -0.1) is 79.1 Å². The fraction of sp³-hybridized carbons (Fsp3) is 0.626. The first-order valence-electron chi connectivity index (χ1n) is 48.4. The van der Waals surface area contributed by atoms with Crippen LogP contribution in [0.2, 0.25) is 18.1 Å². The molecule has 6 fully saturated rings. The van der Waals surface area contributed by atoms with Crippen LogP contribution in [-0.2, 0) is 37.6 Å². The molecule has 6 saturated heterocycles. The van der Waals surface area contributed by atoms with Crippen molar-refractivity contribution in [3.8, 4) is 0 Å². The first-order chi connectivity index (χ1) is 66.3. The fourth-order valence-corrected chi connectivity index (χ4v) is 23.1. The van der Waals surface area contributed by atoms with Crippen LogP contribution in [0.25, 0.3) is 0 Å². The monoisotopic (exact) mass is 2170 g/mol. The average molecular weight is 2170 g/mol. The molecule has 0 unspecified atom stereocenters. The number of ether oxygens (including phenoxy) is 6. The highest BCUT2D eigenvalue weighted by Crippen LogP contribution is 2.48. The maximum atomic E-state index is 11.3. The number of hydrogen-bond donors (Lipinski definition) is 19. The van der Waals surface area contributed by atoms with Crippen LogP contribution in [0.4, 0.5) is 0 Å². The molecular formula is C99H174N18O21P6Si. The quantitative estimate of drug-likeness (QED) is 0.0345. The molecule has 1 amide bonds. The van der Waals surface area contributed by atoms with E-state index in [0.717, 1.165) is 48.1 Å². The van der Waals surface area contributed by atoms with Crippen LogP contribution in [0.3, 0.4) is 0 Å². The summed E-state index contributed by atoms with van der Waals surface area (Å²) in [4.78, 5) is 46.0. The van der Waals surface area contributed by atoms with Crippen molar-refractivity contribution in [1.29, 1.82) is 0 Å². The van der Waals surface area contributed by atoms with Crippen LogP contribution in [0.5, 0.6) is 0 Å². The largest absolute Gasteiger partial charge is 0.412 e. The van der Waals surface area contributed by atoms with Gasteiger partial charge in [-0.3, -0.25) is 4.79 Å². The second-order valence-corrected chi connectivity index (χ2v) is 75.6. The van der Waals surface area contributed by atoms with Crippen molar-refractivity contribution < 1.29 is 104 Å². The van der Waals surface area contributed by atoms with E-state index in [1.54, 1.807) is 87.7 Å². The first kappa shape index (κ1) is 125. The Morgan fingerprint density at radius 2 is 0.697 bits per heavy atom. The van der Waals surface area contributed by atoms with Gasteiger partial charge in [0.1, 0.15) is 142 Å². The SMILES string of the molecule is C=C1N=C(N)C(C)=CN1[C@@H]1O[C@H](CCP(=C)(C)C)[C@@H](O)[C@H]1O.C=C1N=C(N)C(CO)=CN1[C@@H]1O[C@H](CCP(=C)(C)C)[C@@H](O)[C@H]1O.C=C1N=C(N)C(CO[Si](C)(C)C(C)(C)C)=CN1[C@@H]1O[C@H](CCP(=C)(C)C)[C@@H](O)[C@H]1O.C=C1N=C(N)C=CN1[C@@H]1O[C@H](CCP(=C)(C)C)[C@@H](O)[C@@]1(C)O.C=C1N=C(N)C=CN1[C@@H]1O[C@H](CCP(=C)(C)C)[C@@H](O)[C@]1(C)O.C=C1N=C(NC(C)=O)C(CC)=CN1[C@@H]1O[C@H](CCP(=C)(C)C)[C@@H](O)[C@H]1O. The number of carbonyl (C=O) groups excluding carboxylic acids is 1. The molecule has 39 nitrogen and oxygen atoms in total. The molecule has 12 rings (SSSR count). The zero-order chi connectivity index (χ0) is 110. The van der Waals surface area contributed by atoms with Crippen molar-refractivity contribution in [2.45, 2.75) is 265 Å². The molecule has 145 heavy (non-hydrogen) atoms. The van der Waals surface area contributed by atoms with Crippen LogP contribution in [-0.4, -0.2) is 459 Å². The lowest BCUT2D eigenvalue weighted by Gasteiger charge is -2.37. The number of carbonyl (C=O) groups is 1. The number of rotatable bonds is 29. The van der Waals surface area contributed by atoms with E-state index in [1.165, 1.54) is 11.8 Å². The van der Waals surface area contributed by atoms with E-state index in [9.17, 15) is 71.2 Å². The summed E-state index contributed by atoms with van der Waals surface area (Å²) < 4.78 is 41.8. The smallest absolute Gasteiger partial charge is 0.222 e. The molecule has 12 aliphatic heterocycles. The highest BCUT2D eigenvalue weighted by Gasteiger charge is 2.58. The fourth-order valence-electron chi connectivity index (χ4n) is 16.5. The van der Waals surface area contributed by atoms with E-state index in [1.807, 2.05) is 13.8 Å². The molecule has 0 saturated carbocycles. The standard InChI is InChI=1S/C21H40N3O4PSi.C18H30N3O4P.C15H26N3O4P.3C15H26N3O3P/c1-14-23-19(22)15(13-27-30(8,9)21(2,3)4)12-24(14)20-18(26)17(25)16(28-20)10-11-29(5,6)7;1-7-13-10-21(11(2)19-17(13)20-12(3)22)18-16(24)15(23)14(25-18)8-9-26(4,5)6;1-9-17-14(16)10(8-19)7-18(9)15-13(21)12(20)11(22-15)5-6-23(2,3)4;2*1-10-17-12(16)6-8-18(10)14-15(2,20)13(19)11(21-14)7-9-22(3,4)5;1-9-8-18(10(2)17-14(9)16)15-13(20)12(19)11(21-15)6-7-22(3,4)5/h12,16-18,20,25-26H,1,5,10-11,13H2,2-4,6-9H3,(H2,22,23);10,14-16,18,23-24H,2,4,7-9H2,1,3,5-6H3,(H,19,20,22);7,11-13,15,19-21H,1-2,5-6,8H2,3-4H3,(H2,16,17);2*6,8,11,13-14,19-20H,1,3,7,9H2,2,4-5H3,(H2,16,17);8,11-13,15,19-20H,2-3,6-7H2,1,4-5H3,(H2,16,17)/t16-,17-,18-,20-;14-,15-,16-,18-;11-,12-,13-,15-;11-,13-,14-,15+;11-,13-,14-,15-;11-,12-,13-,15-/m111111/s1. The van der Waals surface area contributed by atoms with Crippen molar-refractivity contribution in [3.05, 3.63) is 146 Å². The molecule has 0 spiro atoms. The van der Waals surface area contributed by atoms with Gasteiger partial charge >= 0.3 is 0 Å². The van der Waals surface area contributed by atoms with E-state index in [-0.39, 0.29) is 23.4 Å². The number of amides is 1. The lowest BCUT2D eigenvalue weighted by molar-refractivity contribution is -0.117. The lowest BCUT2D eigenvalue weighted by atomic mass is 9.95. The van der Waals surface area contributed by atoms with Crippen molar-refractivity contribution in [1.82, 2.24) is 34.7 Å². The Hall–Kier alpha value is -6.61. The van der Waals surface area contributed by atoms with Gasteiger partial charge < -0.3 is 163 Å². The normalized spacial score (nSPS) is 32.2. The molecule has 24 N–H and O–H groups in total. The molecule has 12 aliphatic rings.